The van der Waals surface area contributed by atoms with E-state index in [1.165, 1.54) is 19.1 Å². The lowest BCUT2D eigenvalue weighted by atomic mass is 10.1. The molecule has 0 fully saturated rings. The molecule has 6 nitrogen and oxygen atoms in total. The first kappa shape index (κ1) is 28.4. The Balaban J connectivity index is 1.99. The van der Waals surface area contributed by atoms with E-state index in [1.807, 2.05) is 13.8 Å². The summed E-state index contributed by atoms with van der Waals surface area (Å²) in [6.07, 6.45) is 1.47. The van der Waals surface area contributed by atoms with E-state index in [2.05, 4.69) is 5.09 Å². The lowest BCUT2D eigenvalue weighted by Crippen LogP contribution is -2.36. The van der Waals surface area contributed by atoms with E-state index >= 15 is 0 Å². The quantitative estimate of drug-likeness (QED) is 0.0915. The van der Waals surface area contributed by atoms with Crippen LogP contribution in [0.3, 0.4) is 0 Å². The van der Waals surface area contributed by atoms with E-state index in [1.54, 1.807) is 30.3 Å². The molecule has 3 aromatic rings. The van der Waals surface area contributed by atoms with Gasteiger partial charge in [0.05, 0.1) is 6.61 Å². The smallest absolute Gasteiger partial charge is 0.464 e. The van der Waals surface area contributed by atoms with Crippen molar-refractivity contribution in [1.29, 1.82) is 0 Å². The monoisotopic (exact) mass is 545 g/mol. The Morgan fingerprint density at radius 1 is 0.865 bits per heavy atom. The highest BCUT2D eigenvalue weighted by Crippen LogP contribution is 2.49. The molecule has 0 bridgehead atoms. The molecule has 0 saturated carbocycles. The van der Waals surface area contributed by atoms with Gasteiger partial charge in [0, 0.05) is 5.39 Å². The number of halogens is 5. The largest absolute Gasteiger partial charge is 0.513 e. The summed E-state index contributed by atoms with van der Waals surface area (Å²) in [5.41, 5.74) is 0. The van der Waals surface area contributed by atoms with E-state index in [9.17, 15) is 31.3 Å². The highest BCUT2D eigenvalue weighted by molar-refractivity contribution is 7.52. The molecule has 2 atom stereocenters. The second kappa shape index (κ2) is 11.9. The summed E-state index contributed by atoms with van der Waals surface area (Å²) in [7, 11) is -5.03. The van der Waals surface area contributed by atoms with Crippen LogP contribution in [0.15, 0.2) is 42.5 Å². The Labute approximate surface area is 210 Å². The minimum absolute atomic E-state index is 0.0604. The third-order valence-corrected chi connectivity index (χ3v) is 7.23. The summed E-state index contributed by atoms with van der Waals surface area (Å²) in [5, 5.41) is 3.21. The van der Waals surface area contributed by atoms with Crippen LogP contribution < -0.4 is 14.1 Å². The van der Waals surface area contributed by atoms with Gasteiger partial charge >= 0.3 is 13.7 Å². The van der Waals surface area contributed by atoms with Crippen LogP contribution in [-0.4, -0.2) is 18.6 Å². The van der Waals surface area contributed by atoms with Crippen molar-refractivity contribution in [2.24, 2.45) is 5.92 Å². The van der Waals surface area contributed by atoms with Crippen LogP contribution in [0.25, 0.3) is 10.8 Å². The van der Waals surface area contributed by atoms with Crippen LogP contribution in [0, 0.1) is 35.0 Å². The highest BCUT2D eigenvalue weighted by atomic mass is 31.2. The van der Waals surface area contributed by atoms with Crippen molar-refractivity contribution < 1.29 is 45.1 Å². The summed E-state index contributed by atoms with van der Waals surface area (Å²) in [6.45, 7) is 5.10. The van der Waals surface area contributed by atoms with Crippen LogP contribution >= 0.6 is 7.75 Å². The Morgan fingerprint density at radius 2 is 1.43 bits per heavy atom. The molecule has 0 aliphatic carbocycles. The van der Waals surface area contributed by atoms with Gasteiger partial charge in [0.2, 0.25) is 34.8 Å². The van der Waals surface area contributed by atoms with Crippen molar-refractivity contribution in [3.8, 4) is 11.5 Å². The molecule has 0 radical (unpaired) electrons. The van der Waals surface area contributed by atoms with Crippen molar-refractivity contribution in [2.75, 3.05) is 6.61 Å². The number of carbonyl (C=O) groups is 1. The molecule has 0 saturated heterocycles. The van der Waals surface area contributed by atoms with Crippen LogP contribution in [-0.2, 0) is 14.1 Å². The predicted octanol–water partition coefficient (Wildman–Crippen LogP) is 7.06. The molecule has 37 heavy (non-hydrogen) atoms. The van der Waals surface area contributed by atoms with Crippen molar-refractivity contribution in [2.45, 2.75) is 39.7 Å². The fraction of sp³-hybridized carbons (Fsp3) is 0.320. The molecule has 0 heterocycles. The Hall–Kier alpha value is -3.17. The van der Waals surface area contributed by atoms with Crippen molar-refractivity contribution >= 4 is 24.5 Å². The maximum Gasteiger partial charge on any atom is 0.513 e. The van der Waals surface area contributed by atoms with E-state index in [4.69, 9.17) is 13.8 Å². The minimum atomic E-state index is -5.03. The van der Waals surface area contributed by atoms with Crippen molar-refractivity contribution in [3.63, 3.8) is 0 Å². The number of hydrogen-bond acceptors (Lipinski definition) is 5. The fourth-order valence-corrected chi connectivity index (χ4v) is 4.94. The van der Waals surface area contributed by atoms with Gasteiger partial charge in [0.1, 0.15) is 11.8 Å². The van der Waals surface area contributed by atoms with Crippen molar-refractivity contribution in [1.82, 2.24) is 5.09 Å². The van der Waals surface area contributed by atoms with Crippen LogP contribution in [0.5, 0.6) is 11.5 Å². The summed E-state index contributed by atoms with van der Waals surface area (Å²) in [4.78, 5) is 12.5. The van der Waals surface area contributed by atoms with Crippen LogP contribution in [0.2, 0.25) is 0 Å². The normalized spacial score (nSPS) is 13.9. The molecule has 0 spiro atoms. The number of benzene rings is 3. The van der Waals surface area contributed by atoms with Crippen LogP contribution in [0.1, 0.15) is 33.6 Å². The molecule has 0 aliphatic rings. The molecule has 200 valence electrons. The van der Waals surface area contributed by atoms with Crippen LogP contribution in [0.4, 0.5) is 22.0 Å². The molecule has 12 heteroatoms. The Morgan fingerprint density at radius 3 is 2.05 bits per heavy atom. The van der Waals surface area contributed by atoms with E-state index in [0.717, 1.165) is 12.8 Å². The molecule has 0 aliphatic heterocycles. The zero-order valence-corrected chi connectivity index (χ0v) is 21.1. The van der Waals surface area contributed by atoms with Gasteiger partial charge in [-0.15, -0.1) is 0 Å². The zero-order chi connectivity index (χ0) is 27.3. The van der Waals surface area contributed by atoms with Gasteiger partial charge in [-0.1, -0.05) is 63.1 Å². The number of nitrogens with one attached hydrogen (secondary N) is 1. The molecular weight excluding hydrogens is 520 g/mol. The Kier molecular flexibility index (Phi) is 9.15. The van der Waals surface area contributed by atoms with E-state index in [0.29, 0.717) is 10.8 Å². The zero-order valence-electron chi connectivity index (χ0n) is 20.2. The second-order valence-corrected chi connectivity index (χ2v) is 9.84. The van der Waals surface area contributed by atoms with E-state index in [-0.39, 0.29) is 18.3 Å². The first-order valence-electron chi connectivity index (χ1n) is 11.4. The maximum atomic E-state index is 14.4. The fourth-order valence-electron chi connectivity index (χ4n) is 3.40. The Bertz CT molecular complexity index is 1300. The van der Waals surface area contributed by atoms with Gasteiger partial charge in [-0.2, -0.15) is 13.9 Å². The third-order valence-electron chi connectivity index (χ3n) is 5.67. The van der Waals surface area contributed by atoms with Gasteiger partial charge in [-0.25, -0.2) is 17.7 Å². The second-order valence-electron chi connectivity index (χ2n) is 8.22. The standard InChI is InChI=1S/C25H25F5NO5P/c1-4-15(5-2)13-34-25(32)14(3)31-37(33,35-18-12-8-10-16-9-6-7-11-17(16)18)36-24-22(29)20(27)19(26)21(28)23(24)30/h6-12,14-15H,4-5,13H2,1-3H3,(H,31,33). The average Bonchev–Trinajstić information content (AvgIpc) is 2.89. The van der Waals surface area contributed by atoms with Gasteiger partial charge in [0.25, 0.3) is 0 Å². The minimum Gasteiger partial charge on any atom is -0.464 e. The average molecular weight is 545 g/mol. The van der Waals surface area contributed by atoms with Gasteiger partial charge in [-0.3, -0.25) is 4.79 Å². The number of carbonyl (C=O) groups excluding carboxylic acids is 1. The van der Waals surface area contributed by atoms with Gasteiger partial charge in [0.15, 0.2) is 0 Å². The lowest BCUT2D eigenvalue weighted by Gasteiger charge is -2.24. The summed E-state index contributed by atoms with van der Waals surface area (Å²) in [5.74, 6) is -14.5. The number of fused-ring (bicyclic) bond motifs is 1. The SMILES string of the molecule is CCC(CC)COC(=O)C(C)NP(=O)(Oc1c(F)c(F)c(F)c(F)c1F)Oc1cccc2ccccc12. The lowest BCUT2D eigenvalue weighted by molar-refractivity contribution is -0.146. The van der Waals surface area contributed by atoms with Gasteiger partial charge < -0.3 is 13.8 Å². The summed E-state index contributed by atoms with van der Waals surface area (Å²) >= 11 is 0. The molecule has 1 N–H and O–H groups in total. The molecule has 3 rings (SSSR count). The topological polar surface area (TPSA) is 73.9 Å². The first-order chi connectivity index (χ1) is 17.5. The molecular formula is C25H25F5NO5P. The molecule has 0 aromatic heterocycles. The predicted molar refractivity (Wildman–Crippen MR) is 127 cm³/mol. The van der Waals surface area contributed by atoms with E-state index < -0.39 is 54.6 Å². The molecule has 3 aromatic carbocycles. The highest BCUT2D eigenvalue weighted by Gasteiger charge is 2.38. The number of esters is 1. The first-order valence-corrected chi connectivity index (χ1v) is 13.0. The maximum absolute atomic E-state index is 14.4. The third kappa shape index (κ3) is 6.40. The summed E-state index contributed by atoms with van der Waals surface area (Å²) in [6, 6.07) is 9.79. The number of ether oxygens (including phenoxy) is 1. The number of hydrogen-bond donors (Lipinski definition) is 1. The van der Waals surface area contributed by atoms with Crippen molar-refractivity contribution in [3.05, 3.63) is 71.6 Å². The summed E-state index contributed by atoms with van der Waals surface area (Å²) < 4.78 is 99.1. The number of rotatable bonds is 11. The van der Waals surface area contributed by atoms with Gasteiger partial charge in [-0.05, 0) is 24.3 Å². The molecule has 0 amide bonds. The molecule has 2 unspecified atom stereocenters.